The molecule has 4 heteroatoms. The lowest BCUT2D eigenvalue weighted by molar-refractivity contribution is -0.138. The number of benzene rings is 2. The first-order valence-electron chi connectivity index (χ1n) is 7.40. The number of rotatable bonds is 4. The summed E-state index contributed by atoms with van der Waals surface area (Å²) in [5, 5.41) is 19.9. The molecule has 0 bridgehead atoms. The standard InChI is InChI=1S/C18H19NO3/c20-12-19-15(11-13-7-3-1-4-8-13)16(17(21)18(19)22)14-9-5-2-6-10-14/h1-10,15-17,20-21H,11-12H2. The zero-order chi connectivity index (χ0) is 15.5. The molecular formula is C18H19NO3. The molecule has 0 radical (unpaired) electrons. The number of amides is 1. The third-order valence-corrected chi connectivity index (χ3v) is 4.32. The molecule has 3 unspecified atom stereocenters. The van der Waals surface area contributed by atoms with Crippen LogP contribution in [0.1, 0.15) is 17.0 Å². The zero-order valence-corrected chi connectivity index (χ0v) is 12.2. The van der Waals surface area contributed by atoms with Crippen molar-refractivity contribution < 1.29 is 15.0 Å². The summed E-state index contributed by atoms with van der Waals surface area (Å²) >= 11 is 0. The van der Waals surface area contributed by atoms with Crippen molar-refractivity contribution in [3.8, 4) is 0 Å². The number of nitrogens with zero attached hydrogens (tertiary/aromatic N) is 1. The number of aliphatic hydroxyl groups is 2. The fourth-order valence-electron chi connectivity index (χ4n) is 3.24. The van der Waals surface area contributed by atoms with E-state index in [2.05, 4.69) is 0 Å². The molecule has 0 spiro atoms. The molecule has 1 heterocycles. The minimum atomic E-state index is -1.11. The second-order valence-electron chi connectivity index (χ2n) is 5.59. The van der Waals surface area contributed by atoms with Gasteiger partial charge in [0.25, 0.3) is 5.91 Å². The summed E-state index contributed by atoms with van der Waals surface area (Å²) in [6.45, 7) is -0.378. The number of carbonyl (C=O) groups is 1. The van der Waals surface area contributed by atoms with Crippen LogP contribution in [0.15, 0.2) is 60.7 Å². The fourth-order valence-corrected chi connectivity index (χ4v) is 3.24. The molecule has 0 aromatic heterocycles. The van der Waals surface area contributed by atoms with Crippen LogP contribution in [0.4, 0.5) is 0 Å². The van der Waals surface area contributed by atoms with Gasteiger partial charge in [0.2, 0.25) is 0 Å². The molecule has 114 valence electrons. The molecule has 3 rings (SSSR count). The summed E-state index contributed by atoms with van der Waals surface area (Å²) in [4.78, 5) is 13.6. The molecule has 2 aromatic carbocycles. The SMILES string of the molecule is O=C1C(O)C(c2ccccc2)C(Cc2ccccc2)N1CO. The van der Waals surface area contributed by atoms with Gasteiger partial charge in [0.1, 0.15) is 12.8 Å². The quantitative estimate of drug-likeness (QED) is 0.900. The Kier molecular flexibility index (Phi) is 4.22. The molecular weight excluding hydrogens is 278 g/mol. The molecule has 4 nitrogen and oxygen atoms in total. The van der Waals surface area contributed by atoms with Crippen molar-refractivity contribution in [2.45, 2.75) is 24.5 Å². The van der Waals surface area contributed by atoms with Crippen LogP contribution in [0, 0.1) is 0 Å². The molecule has 2 aromatic rings. The summed E-state index contributed by atoms with van der Waals surface area (Å²) in [5.74, 6) is -0.738. The van der Waals surface area contributed by atoms with Gasteiger partial charge in [0, 0.05) is 12.0 Å². The van der Waals surface area contributed by atoms with Gasteiger partial charge in [0.15, 0.2) is 0 Å². The van der Waals surface area contributed by atoms with Crippen molar-refractivity contribution in [1.82, 2.24) is 4.90 Å². The van der Waals surface area contributed by atoms with E-state index in [9.17, 15) is 15.0 Å². The zero-order valence-electron chi connectivity index (χ0n) is 12.2. The summed E-state index contributed by atoms with van der Waals surface area (Å²) in [7, 11) is 0. The van der Waals surface area contributed by atoms with Crippen molar-refractivity contribution >= 4 is 5.91 Å². The average Bonchev–Trinajstić information content (AvgIpc) is 2.80. The van der Waals surface area contributed by atoms with E-state index < -0.39 is 12.0 Å². The van der Waals surface area contributed by atoms with Crippen LogP contribution in [-0.4, -0.2) is 39.9 Å². The van der Waals surface area contributed by atoms with E-state index in [1.54, 1.807) is 0 Å². The van der Waals surface area contributed by atoms with E-state index in [0.29, 0.717) is 6.42 Å². The smallest absolute Gasteiger partial charge is 0.254 e. The monoisotopic (exact) mass is 297 g/mol. The van der Waals surface area contributed by atoms with E-state index in [0.717, 1.165) is 11.1 Å². The Hall–Kier alpha value is -2.17. The predicted octanol–water partition coefficient (Wildman–Crippen LogP) is 1.53. The highest BCUT2D eigenvalue weighted by atomic mass is 16.3. The lowest BCUT2D eigenvalue weighted by Gasteiger charge is -2.26. The summed E-state index contributed by atoms with van der Waals surface area (Å²) in [6.07, 6.45) is -0.507. The van der Waals surface area contributed by atoms with E-state index in [1.807, 2.05) is 60.7 Å². The highest BCUT2D eigenvalue weighted by Crippen LogP contribution is 2.36. The Labute approximate surface area is 129 Å². The number of aliphatic hydroxyl groups excluding tert-OH is 2. The molecule has 1 saturated heterocycles. The Morgan fingerprint density at radius 2 is 1.55 bits per heavy atom. The lowest BCUT2D eigenvalue weighted by atomic mass is 9.86. The van der Waals surface area contributed by atoms with Gasteiger partial charge in [-0.15, -0.1) is 0 Å². The maximum Gasteiger partial charge on any atom is 0.254 e. The Morgan fingerprint density at radius 1 is 0.955 bits per heavy atom. The number of hydrogen-bond acceptors (Lipinski definition) is 3. The normalized spacial score (nSPS) is 24.7. The number of hydrogen-bond donors (Lipinski definition) is 2. The predicted molar refractivity (Wildman–Crippen MR) is 83.1 cm³/mol. The summed E-state index contributed by atoms with van der Waals surface area (Å²) in [6, 6.07) is 19.1. The van der Waals surface area contributed by atoms with E-state index in [1.165, 1.54) is 4.90 Å². The van der Waals surface area contributed by atoms with Crippen LogP contribution in [0.2, 0.25) is 0 Å². The third kappa shape index (κ3) is 2.63. The summed E-state index contributed by atoms with van der Waals surface area (Å²) in [5.41, 5.74) is 1.99. The van der Waals surface area contributed by atoms with Crippen molar-refractivity contribution in [3.05, 3.63) is 71.8 Å². The molecule has 1 fully saturated rings. The highest BCUT2D eigenvalue weighted by molar-refractivity contribution is 5.85. The lowest BCUT2D eigenvalue weighted by Crippen LogP contribution is -2.37. The first kappa shape index (κ1) is 14.8. The van der Waals surface area contributed by atoms with Crippen LogP contribution >= 0.6 is 0 Å². The molecule has 2 N–H and O–H groups in total. The summed E-state index contributed by atoms with van der Waals surface area (Å²) < 4.78 is 0. The molecule has 0 saturated carbocycles. The Bertz CT molecular complexity index is 629. The largest absolute Gasteiger partial charge is 0.383 e. The minimum absolute atomic E-state index is 0.253. The average molecular weight is 297 g/mol. The van der Waals surface area contributed by atoms with Gasteiger partial charge in [0.05, 0.1) is 0 Å². The van der Waals surface area contributed by atoms with Gasteiger partial charge in [-0.3, -0.25) is 4.79 Å². The van der Waals surface area contributed by atoms with Gasteiger partial charge in [-0.2, -0.15) is 0 Å². The Morgan fingerprint density at radius 3 is 2.14 bits per heavy atom. The minimum Gasteiger partial charge on any atom is -0.383 e. The topological polar surface area (TPSA) is 60.8 Å². The highest BCUT2D eigenvalue weighted by Gasteiger charge is 2.47. The molecule has 0 aliphatic carbocycles. The van der Waals surface area contributed by atoms with Crippen molar-refractivity contribution in [1.29, 1.82) is 0 Å². The van der Waals surface area contributed by atoms with Gasteiger partial charge in [-0.1, -0.05) is 60.7 Å². The molecule has 22 heavy (non-hydrogen) atoms. The maximum atomic E-state index is 12.2. The Balaban J connectivity index is 1.96. The van der Waals surface area contributed by atoms with Gasteiger partial charge >= 0.3 is 0 Å². The molecule has 1 aliphatic rings. The van der Waals surface area contributed by atoms with Crippen LogP contribution < -0.4 is 0 Å². The van der Waals surface area contributed by atoms with Crippen LogP contribution in [-0.2, 0) is 11.2 Å². The number of likely N-dealkylation sites (tertiary alicyclic amines) is 1. The van der Waals surface area contributed by atoms with Crippen LogP contribution in [0.25, 0.3) is 0 Å². The van der Waals surface area contributed by atoms with E-state index in [4.69, 9.17) is 0 Å². The fraction of sp³-hybridized carbons (Fsp3) is 0.278. The van der Waals surface area contributed by atoms with Crippen LogP contribution in [0.3, 0.4) is 0 Å². The van der Waals surface area contributed by atoms with Gasteiger partial charge in [-0.05, 0) is 17.5 Å². The third-order valence-electron chi connectivity index (χ3n) is 4.32. The van der Waals surface area contributed by atoms with Gasteiger partial charge < -0.3 is 15.1 Å². The first-order chi connectivity index (χ1) is 10.7. The van der Waals surface area contributed by atoms with Gasteiger partial charge in [-0.25, -0.2) is 0 Å². The number of carbonyl (C=O) groups excluding carboxylic acids is 1. The second-order valence-corrected chi connectivity index (χ2v) is 5.59. The molecule has 1 amide bonds. The molecule has 3 atom stereocenters. The van der Waals surface area contributed by atoms with Crippen molar-refractivity contribution in [2.24, 2.45) is 0 Å². The molecule has 1 aliphatic heterocycles. The second kappa shape index (κ2) is 6.30. The van der Waals surface area contributed by atoms with Crippen molar-refractivity contribution in [2.75, 3.05) is 6.73 Å². The van der Waals surface area contributed by atoms with E-state index in [-0.39, 0.29) is 18.7 Å². The van der Waals surface area contributed by atoms with Crippen molar-refractivity contribution in [3.63, 3.8) is 0 Å². The first-order valence-corrected chi connectivity index (χ1v) is 7.40. The van der Waals surface area contributed by atoms with Crippen LogP contribution in [0.5, 0.6) is 0 Å². The van der Waals surface area contributed by atoms with E-state index >= 15 is 0 Å². The maximum absolute atomic E-state index is 12.2.